The average Bonchev–Trinajstić information content (AvgIpc) is 1.86. The minimum Gasteiger partial charge on any atom is -0.304 e. The second kappa shape index (κ2) is 5.90. The summed E-state index contributed by atoms with van der Waals surface area (Å²) in [5.74, 6) is 0. The number of halogens is 5. The van der Waals surface area contributed by atoms with E-state index in [4.69, 9.17) is 0 Å². The van der Waals surface area contributed by atoms with Crippen LogP contribution in [0.4, 0.5) is 13.2 Å². The zero-order valence-electron chi connectivity index (χ0n) is 7.10. The van der Waals surface area contributed by atoms with E-state index in [9.17, 15) is 13.2 Å². The van der Waals surface area contributed by atoms with E-state index >= 15 is 0 Å². The maximum absolute atomic E-state index is 12.0. The second-order valence-electron chi connectivity index (χ2n) is 2.81. The number of hydrogen-bond donors (Lipinski definition) is 1. The highest BCUT2D eigenvalue weighted by Crippen LogP contribution is 2.21. The Balaban J connectivity index is 0. The number of hydrogen-bond acceptors (Lipinski definition) is 2. The predicted molar refractivity (Wildman–Crippen MR) is 49.8 cm³/mol. The van der Waals surface area contributed by atoms with Gasteiger partial charge in [0, 0.05) is 19.6 Å². The Morgan fingerprint density at radius 1 is 1.31 bits per heavy atom. The van der Waals surface area contributed by atoms with E-state index < -0.39 is 12.2 Å². The average molecular weight is 241 g/mol. The first kappa shape index (κ1) is 15.7. The van der Waals surface area contributed by atoms with Gasteiger partial charge in [0.1, 0.15) is 6.04 Å². The van der Waals surface area contributed by atoms with Gasteiger partial charge < -0.3 is 10.2 Å². The van der Waals surface area contributed by atoms with Crippen LogP contribution in [0, 0.1) is 0 Å². The number of nitrogens with one attached hydrogen (secondary N) is 1. The van der Waals surface area contributed by atoms with Crippen LogP contribution in [0.3, 0.4) is 0 Å². The minimum absolute atomic E-state index is 0. The zero-order valence-corrected chi connectivity index (χ0v) is 8.73. The van der Waals surface area contributed by atoms with E-state index in [-0.39, 0.29) is 31.4 Å². The molecular weight excluding hydrogens is 228 g/mol. The number of nitrogens with zero attached hydrogens (tertiary/aromatic N) is 1. The van der Waals surface area contributed by atoms with Gasteiger partial charge in [0.2, 0.25) is 0 Å². The third-order valence-corrected chi connectivity index (χ3v) is 1.77. The Morgan fingerprint density at radius 3 is 2.15 bits per heavy atom. The van der Waals surface area contributed by atoms with Crippen LogP contribution in [0.15, 0.2) is 0 Å². The molecule has 1 rings (SSSR count). The van der Waals surface area contributed by atoms with Crippen LogP contribution in [0.5, 0.6) is 0 Å². The first-order valence-electron chi connectivity index (χ1n) is 3.49. The molecule has 1 aliphatic rings. The number of alkyl halides is 3. The molecule has 0 unspecified atom stereocenters. The molecule has 7 heteroatoms. The molecule has 82 valence electrons. The Morgan fingerprint density at radius 2 is 1.85 bits per heavy atom. The zero-order chi connectivity index (χ0) is 8.48. The van der Waals surface area contributed by atoms with Gasteiger partial charge in [-0.1, -0.05) is 0 Å². The van der Waals surface area contributed by atoms with Crippen LogP contribution in [0.2, 0.25) is 0 Å². The first-order valence-corrected chi connectivity index (χ1v) is 3.49. The molecule has 0 saturated carbocycles. The van der Waals surface area contributed by atoms with E-state index in [0.717, 1.165) is 0 Å². The summed E-state index contributed by atoms with van der Waals surface area (Å²) in [6.07, 6.45) is -4.10. The standard InChI is InChI=1S/C6H11F3N2.2ClH/c1-11-3-2-10-5(4-11)6(7,8)9;;/h5,10H,2-4H2,1H3;2*1H/t5-;;/m1../s1. The molecule has 0 aromatic carbocycles. The van der Waals surface area contributed by atoms with Gasteiger partial charge in [0.05, 0.1) is 0 Å². The highest BCUT2D eigenvalue weighted by Gasteiger charge is 2.41. The maximum atomic E-state index is 12.0. The lowest BCUT2D eigenvalue weighted by Gasteiger charge is -2.31. The summed E-state index contributed by atoms with van der Waals surface area (Å²) in [7, 11) is 1.69. The van der Waals surface area contributed by atoms with Gasteiger partial charge in [-0.3, -0.25) is 0 Å². The molecule has 0 spiro atoms. The van der Waals surface area contributed by atoms with Crippen LogP contribution in [0.1, 0.15) is 0 Å². The molecule has 1 N–H and O–H groups in total. The Kier molecular flexibility index (Phi) is 7.15. The van der Waals surface area contributed by atoms with Gasteiger partial charge in [-0.25, -0.2) is 0 Å². The van der Waals surface area contributed by atoms with Gasteiger partial charge in [-0.15, -0.1) is 24.8 Å². The summed E-state index contributed by atoms with van der Waals surface area (Å²) in [6, 6.07) is -1.35. The number of rotatable bonds is 0. The molecule has 1 fully saturated rings. The van der Waals surface area contributed by atoms with Crippen molar-refractivity contribution in [1.29, 1.82) is 0 Å². The smallest absolute Gasteiger partial charge is 0.304 e. The SMILES string of the molecule is CN1CCN[C@@H](C(F)(F)F)C1.Cl.Cl. The largest absolute Gasteiger partial charge is 0.405 e. The van der Waals surface area contributed by atoms with Crippen molar-refractivity contribution in [3.05, 3.63) is 0 Å². The van der Waals surface area contributed by atoms with Crippen molar-refractivity contribution >= 4 is 24.8 Å². The fourth-order valence-corrected chi connectivity index (χ4v) is 1.12. The van der Waals surface area contributed by atoms with Crippen LogP contribution in [-0.2, 0) is 0 Å². The summed E-state index contributed by atoms with van der Waals surface area (Å²) < 4.78 is 36.1. The molecule has 1 atom stereocenters. The Labute approximate surface area is 87.7 Å². The summed E-state index contributed by atoms with van der Waals surface area (Å²) >= 11 is 0. The fourth-order valence-electron chi connectivity index (χ4n) is 1.12. The lowest BCUT2D eigenvalue weighted by molar-refractivity contribution is -0.163. The van der Waals surface area contributed by atoms with E-state index in [2.05, 4.69) is 5.32 Å². The van der Waals surface area contributed by atoms with Crippen LogP contribution >= 0.6 is 24.8 Å². The normalized spacial score (nSPS) is 24.5. The molecule has 1 aliphatic heterocycles. The van der Waals surface area contributed by atoms with Gasteiger partial charge in [-0.05, 0) is 7.05 Å². The van der Waals surface area contributed by atoms with E-state index in [1.54, 1.807) is 11.9 Å². The molecule has 0 bridgehead atoms. The van der Waals surface area contributed by atoms with Gasteiger partial charge in [0.15, 0.2) is 0 Å². The topological polar surface area (TPSA) is 15.3 Å². The van der Waals surface area contributed by atoms with Gasteiger partial charge in [0.25, 0.3) is 0 Å². The summed E-state index contributed by atoms with van der Waals surface area (Å²) in [4.78, 5) is 1.68. The first-order chi connectivity index (χ1) is 5.00. The van der Waals surface area contributed by atoms with E-state index in [1.165, 1.54) is 0 Å². The second-order valence-corrected chi connectivity index (χ2v) is 2.81. The Hall–Kier alpha value is 0.290. The molecule has 0 aromatic rings. The highest BCUT2D eigenvalue weighted by atomic mass is 35.5. The third kappa shape index (κ3) is 4.90. The molecule has 1 heterocycles. The molecule has 0 radical (unpaired) electrons. The number of likely N-dealkylation sites (N-methyl/N-ethyl adjacent to an activating group) is 1. The van der Waals surface area contributed by atoms with Gasteiger partial charge in [-0.2, -0.15) is 13.2 Å². The summed E-state index contributed by atoms with van der Waals surface area (Å²) in [5.41, 5.74) is 0. The van der Waals surface area contributed by atoms with Gasteiger partial charge >= 0.3 is 6.18 Å². The number of piperazine rings is 1. The van der Waals surface area contributed by atoms with Crippen LogP contribution in [0.25, 0.3) is 0 Å². The monoisotopic (exact) mass is 240 g/mol. The van der Waals surface area contributed by atoms with Crippen molar-refractivity contribution in [3.63, 3.8) is 0 Å². The van der Waals surface area contributed by atoms with Crippen molar-refractivity contribution in [2.24, 2.45) is 0 Å². The lowest BCUT2D eigenvalue weighted by Crippen LogP contribution is -2.55. The summed E-state index contributed by atoms with van der Waals surface area (Å²) in [5, 5.41) is 2.42. The van der Waals surface area contributed by atoms with Crippen molar-refractivity contribution in [3.8, 4) is 0 Å². The molecule has 0 aromatic heterocycles. The predicted octanol–water partition coefficient (Wildman–Crippen LogP) is 1.30. The molecule has 13 heavy (non-hydrogen) atoms. The highest BCUT2D eigenvalue weighted by molar-refractivity contribution is 5.85. The lowest BCUT2D eigenvalue weighted by atomic mass is 10.2. The van der Waals surface area contributed by atoms with Crippen molar-refractivity contribution < 1.29 is 13.2 Å². The Bertz CT molecular complexity index is 142. The van der Waals surface area contributed by atoms with Crippen LogP contribution in [-0.4, -0.2) is 43.8 Å². The molecule has 2 nitrogen and oxygen atoms in total. The van der Waals surface area contributed by atoms with Crippen LogP contribution < -0.4 is 5.32 Å². The van der Waals surface area contributed by atoms with E-state index in [1.807, 2.05) is 0 Å². The fraction of sp³-hybridized carbons (Fsp3) is 1.00. The minimum atomic E-state index is -4.10. The molecule has 0 amide bonds. The maximum Gasteiger partial charge on any atom is 0.405 e. The van der Waals surface area contributed by atoms with Crippen molar-refractivity contribution in [1.82, 2.24) is 10.2 Å². The quantitative estimate of drug-likeness (QED) is 0.687. The van der Waals surface area contributed by atoms with Crippen molar-refractivity contribution in [2.45, 2.75) is 12.2 Å². The van der Waals surface area contributed by atoms with Crippen molar-refractivity contribution in [2.75, 3.05) is 26.7 Å². The van der Waals surface area contributed by atoms with E-state index in [0.29, 0.717) is 13.1 Å². The molecular formula is C6H13Cl2F3N2. The summed E-state index contributed by atoms with van der Waals surface area (Å²) in [6.45, 7) is 1.16. The molecule has 0 aliphatic carbocycles. The third-order valence-electron chi connectivity index (χ3n) is 1.77. The molecule has 1 saturated heterocycles.